The van der Waals surface area contributed by atoms with Gasteiger partial charge in [0, 0.05) is 17.0 Å². The van der Waals surface area contributed by atoms with Crippen molar-refractivity contribution in [3.63, 3.8) is 0 Å². The maximum atomic E-state index is 12.7. The molecule has 0 radical (unpaired) electrons. The number of hydrogen-bond acceptors (Lipinski definition) is 7. The second-order valence-electron chi connectivity index (χ2n) is 8.01. The number of anilines is 1. The van der Waals surface area contributed by atoms with Crippen LogP contribution in [0.25, 0.3) is 32.9 Å². The van der Waals surface area contributed by atoms with E-state index in [-0.39, 0.29) is 0 Å². The number of nitrogens with one attached hydrogen (secondary N) is 1. The Balaban J connectivity index is 1.22. The van der Waals surface area contributed by atoms with Crippen molar-refractivity contribution < 1.29 is 17.6 Å². The van der Waals surface area contributed by atoms with Crippen LogP contribution in [-0.4, -0.2) is 26.7 Å². The van der Waals surface area contributed by atoms with Crippen molar-refractivity contribution in [2.24, 2.45) is 0 Å². The van der Waals surface area contributed by atoms with Crippen molar-refractivity contribution >= 4 is 27.4 Å². The van der Waals surface area contributed by atoms with Crippen LogP contribution in [0.4, 0.5) is 19.0 Å². The van der Waals surface area contributed by atoms with Crippen LogP contribution in [0, 0.1) is 6.92 Å². The number of rotatable bonds is 7. The predicted molar refractivity (Wildman–Crippen MR) is 129 cm³/mol. The van der Waals surface area contributed by atoms with Crippen molar-refractivity contribution in [1.29, 1.82) is 0 Å². The lowest BCUT2D eigenvalue weighted by molar-refractivity contribution is -0.141. The van der Waals surface area contributed by atoms with Gasteiger partial charge in [-0.3, -0.25) is 0 Å². The largest absolute Gasteiger partial charge is 0.472 e. The molecule has 0 aliphatic rings. The van der Waals surface area contributed by atoms with Crippen LogP contribution in [0.15, 0.2) is 65.5 Å². The first-order chi connectivity index (χ1) is 16.9. The smallest absolute Gasteiger partial charge is 0.435 e. The van der Waals surface area contributed by atoms with Crippen molar-refractivity contribution in [2.45, 2.75) is 25.9 Å². The highest BCUT2D eigenvalue weighted by molar-refractivity contribution is 7.18. The first-order valence-corrected chi connectivity index (χ1v) is 11.7. The Bertz CT molecular complexity index is 1430. The van der Waals surface area contributed by atoms with Gasteiger partial charge in [-0.25, -0.2) is 9.97 Å². The fraction of sp³-hybridized carbons (Fsp3) is 0.200. The number of aromatic nitrogens is 4. The SMILES string of the molecule is Cc1cc2c(NCCCc3ccc(-c4ccc(C(F)(F)F)nn4)cc3)nc(-c3ccoc3)nc2s1. The summed E-state index contributed by atoms with van der Waals surface area (Å²) in [6.07, 6.45) is 0.438. The zero-order chi connectivity index (χ0) is 24.4. The molecule has 5 rings (SSSR count). The number of nitrogens with zero attached hydrogens (tertiary/aromatic N) is 4. The van der Waals surface area contributed by atoms with E-state index in [0.29, 0.717) is 11.5 Å². The lowest BCUT2D eigenvalue weighted by Crippen LogP contribution is -2.08. The van der Waals surface area contributed by atoms with Gasteiger partial charge in [0.25, 0.3) is 0 Å². The molecular formula is C25H20F3N5OS. The molecule has 0 aliphatic heterocycles. The average molecular weight is 496 g/mol. The number of benzene rings is 1. The molecular weight excluding hydrogens is 475 g/mol. The zero-order valence-corrected chi connectivity index (χ0v) is 19.5. The Hall–Kier alpha value is -3.79. The first-order valence-electron chi connectivity index (χ1n) is 10.9. The Morgan fingerprint density at radius 1 is 0.971 bits per heavy atom. The normalized spacial score (nSPS) is 11.8. The minimum atomic E-state index is -4.50. The summed E-state index contributed by atoms with van der Waals surface area (Å²) in [6.45, 7) is 2.77. The molecule has 4 heterocycles. The lowest BCUT2D eigenvalue weighted by atomic mass is 10.1. The van der Waals surface area contributed by atoms with Gasteiger partial charge in [-0.05, 0) is 49.6 Å². The van der Waals surface area contributed by atoms with Gasteiger partial charge in [-0.15, -0.1) is 21.5 Å². The van der Waals surface area contributed by atoms with Crippen molar-refractivity contribution in [3.05, 3.63) is 77.2 Å². The van der Waals surface area contributed by atoms with Crippen LogP contribution in [0.1, 0.15) is 22.6 Å². The molecule has 5 aromatic rings. The standard InChI is InChI=1S/C25H20F3N5OS/c1-15-13-19-23(30-22(31-24(19)35-15)18-10-12-34-14-18)29-11-2-3-16-4-6-17(7-5-16)20-8-9-21(33-32-20)25(26,27)28/h4-10,12-14H,2-3,11H2,1H3,(H,29,30,31). The van der Waals surface area contributed by atoms with E-state index in [9.17, 15) is 13.2 Å². The van der Waals surface area contributed by atoms with Crippen LogP contribution in [-0.2, 0) is 12.6 Å². The van der Waals surface area contributed by atoms with Crippen molar-refractivity contribution in [1.82, 2.24) is 20.2 Å². The summed E-state index contributed by atoms with van der Waals surface area (Å²) < 4.78 is 43.2. The van der Waals surface area contributed by atoms with Crippen molar-refractivity contribution in [2.75, 3.05) is 11.9 Å². The number of aryl methyl sites for hydroxylation is 2. The fourth-order valence-electron chi connectivity index (χ4n) is 3.68. The minimum absolute atomic E-state index is 0.401. The van der Waals surface area contributed by atoms with Gasteiger partial charge in [0.2, 0.25) is 0 Å². The highest BCUT2D eigenvalue weighted by Gasteiger charge is 2.32. The molecule has 178 valence electrons. The Labute approximate surface area is 202 Å². The van der Waals surface area contributed by atoms with Gasteiger partial charge in [-0.2, -0.15) is 13.2 Å². The molecule has 0 spiro atoms. The zero-order valence-electron chi connectivity index (χ0n) is 18.6. The fourth-order valence-corrected chi connectivity index (χ4v) is 4.56. The van der Waals surface area contributed by atoms with E-state index in [0.717, 1.165) is 58.2 Å². The summed E-state index contributed by atoms with van der Waals surface area (Å²) in [6, 6.07) is 13.8. The molecule has 1 aromatic carbocycles. The molecule has 0 saturated carbocycles. The maximum Gasteiger partial charge on any atom is 0.435 e. The van der Waals surface area contributed by atoms with E-state index in [1.807, 2.05) is 37.3 Å². The highest BCUT2D eigenvalue weighted by atomic mass is 32.1. The number of alkyl halides is 3. The molecule has 0 unspecified atom stereocenters. The molecule has 0 atom stereocenters. The average Bonchev–Trinajstić information content (AvgIpc) is 3.51. The van der Waals surface area contributed by atoms with Gasteiger partial charge < -0.3 is 9.73 Å². The maximum absolute atomic E-state index is 12.7. The topological polar surface area (TPSA) is 76.7 Å². The third kappa shape index (κ3) is 5.17. The third-order valence-electron chi connectivity index (χ3n) is 5.43. The molecule has 1 N–H and O–H groups in total. The monoisotopic (exact) mass is 495 g/mol. The van der Waals surface area contributed by atoms with E-state index in [1.54, 1.807) is 23.9 Å². The predicted octanol–water partition coefficient (Wildman–Crippen LogP) is 6.78. The molecule has 0 bridgehead atoms. The lowest BCUT2D eigenvalue weighted by Gasteiger charge is -2.09. The number of hydrogen-bond donors (Lipinski definition) is 1. The van der Waals surface area contributed by atoms with Crippen LogP contribution in [0.2, 0.25) is 0 Å². The van der Waals surface area contributed by atoms with Crippen LogP contribution in [0.3, 0.4) is 0 Å². The van der Waals surface area contributed by atoms with Crippen LogP contribution >= 0.6 is 11.3 Å². The van der Waals surface area contributed by atoms with Gasteiger partial charge in [0.05, 0.1) is 22.9 Å². The Morgan fingerprint density at radius 2 is 1.80 bits per heavy atom. The summed E-state index contributed by atoms with van der Waals surface area (Å²) in [5, 5.41) is 11.4. The third-order valence-corrected chi connectivity index (χ3v) is 6.38. The summed E-state index contributed by atoms with van der Waals surface area (Å²) in [4.78, 5) is 11.5. The number of thiophene rings is 1. The molecule has 0 saturated heterocycles. The molecule has 0 fully saturated rings. The quantitative estimate of drug-likeness (QED) is 0.251. The molecule has 4 aromatic heterocycles. The first kappa shape index (κ1) is 23.0. The molecule has 35 heavy (non-hydrogen) atoms. The molecule has 0 amide bonds. The van der Waals surface area contributed by atoms with E-state index >= 15 is 0 Å². The summed E-state index contributed by atoms with van der Waals surface area (Å²) in [5.41, 5.74) is 2.07. The van der Waals surface area contributed by atoms with Gasteiger partial charge in [0.1, 0.15) is 16.9 Å². The van der Waals surface area contributed by atoms with Gasteiger partial charge >= 0.3 is 6.18 Å². The molecule has 0 aliphatic carbocycles. The van der Waals surface area contributed by atoms with Crippen LogP contribution < -0.4 is 5.32 Å². The number of halogens is 3. The second kappa shape index (κ2) is 9.46. The minimum Gasteiger partial charge on any atom is -0.472 e. The number of furan rings is 1. The van der Waals surface area contributed by atoms with E-state index in [1.165, 1.54) is 10.9 Å². The molecule has 6 nitrogen and oxygen atoms in total. The molecule has 10 heteroatoms. The Kier molecular flexibility index (Phi) is 6.21. The summed E-state index contributed by atoms with van der Waals surface area (Å²) >= 11 is 1.63. The van der Waals surface area contributed by atoms with Gasteiger partial charge in [0.15, 0.2) is 11.5 Å². The number of fused-ring (bicyclic) bond motifs is 1. The second-order valence-corrected chi connectivity index (χ2v) is 9.25. The van der Waals surface area contributed by atoms with E-state index in [2.05, 4.69) is 26.6 Å². The van der Waals surface area contributed by atoms with Gasteiger partial charge in [-0.1, -0.05) is 24.3 Å². The van der Waals surface area contributed by atoms with Crippen LogP contribution in [0.5, 0.6) is 0 Å². The highest BCUT2D eigenvalue weighted by Crippen LogP contribution is 2.31. The summed E-state index contributed by atoms with van der Waals surface area (Å²) in [7, 11) is 0. The van der Waals surface area contributed by atoms with E-state index in [4.69, 9.17) is 9.40 Å². The Morgan fingerprint density at radius 3 is 2.49 bits per heavy atom. The van der Waals surface area contributed by atoms with E-state index < -0.39 is 11.9 Å². The summed E-state index contributed by atoms with van der Waals surface area (Å²) in [5.74, 6) is 1.42. The van der Waals surface area contributed by atoms with Crippen molar-refractivity contribution in [3.8, 4) is 22.6 Å².